The zero-order valence-corrected chi connectivity index (χ0v) is 11.1. The summed E-state index contributed by atoms with van der Waals surface area (Å²) in [4.78, 5) is 0. The fourth-order valence-corrected chi connectivity index (χ4v) is 2.27. The van der Waals surface area contributed by atoms with Gasteiger partial charge in [-0.2, -0.15) is 13.2 Å². The van der Waals surface area contributed by atoms with Gasteiger partial charge in [0.05, 0.1) is 0 Å². The van der Waals surface area contributed by atoms with Crippen molar-refractivity contribution in [2.75, 3.05) is 0 Å². The highest BCUT2D eigenvalue weighted by atomic mass is 28.4. The van der Waals surface area contributed by atoms with Crippen molar-refractivity contribution in [3.63, 3.8) is 0 Å². The van der Waals surface area contributed by atoms with Crippen molar-refractivity contribution < 1.29 is 22.7 Å². The molecule has 0 radical (unpaired) electrons. The highest BCUT2D eigenvalue weighted by Crippen LogP contribution is 2.42. The number of alkyl halides is 3. The van der Waals surface area contributed by atoms with Crippen LogP contribution >= 0.6 is 0 Å². The Morgan fingerprint density at radius 3 is 2.12 bits per heavy atom. The van der Waals surface area contributed by atoms with Gasteiger partial charge in [0, 0.05) is 5.56 Å². The SMILES string of the molecule is Cc1c(O)ccc(O[Si](C)(C)C)c1C(F)(F)F. The van der Waals surface area contributed by atoms with Crippen LogP contribution in [0, 0.1) is 6.92 Å². The van der Waals surface area contributed by atoms with Crippen LogP contribution in [-0.2, 0) is 6.18 Å². The van der Waals surface area contributed by atoms with Gasteiger partial charge in [-0.1, -0.05) is 0 Å². The number of hydrogen-bond donors (Lipinski definition) is 1. The van der Waals surface area contributed by atoms with Gasteiger partial charge < -0.3 is 9.53 Å². The second-order valence-electron chi connectivity index (χ2n) is 4.80. The number of aromatic hydroxyl groups is 1. The van der Waals surface area contributed by atoms with Gasteiger partial charge in [-0.05, 0) is 38.7 Å². The lowest BCUT2D eigenvalue weighted by Gasteiger charge is -2.24. The van der Waals surface area contributed by atoms with Crippen LogP contribution < -0.4 is 4.43 Å². The first-order valence-electron chi connectivity index (χ1n) is 5.11. The highest BCUT2D eigenvalue weighted by molar-refractivity contribution is 6.70. The Morgan fingerprint density at radius 1 is 1.18 bits per heavy atom. The molecule has 1 aromatic rings. The Labute approximate surface area is 99.2 Å². The van der Waals surface area contributed by atoms with Crippen LogP contribution in [0.15, 0.2) is 12.1 Å². The number of halogens is 3. The minimum absolute atomic E-state index is 0.201. The van der Waals surface area contributed by atoms with Crippen molar-refractivity contribution in [3.05, 3.63) is 23.3 Å². The quantitative estimate of drug-likeness (QED) is 0.820. The molecule has 0 fully saturated rings. The first-order valence-corrected chi connectivity index (χ1v) is 8.52. The molecule has 0 saturated carbocycles. The Morgan fingerprint density at radius 2 is 1.71 bits per heavy atom. The van der Waals surface area contributed by atoms with Gasteiger partial charge in [-0.3, -0.25) is 0 Å². The summed E-state index contributed by atoms with van der Waals surface area (Å²) in [6.45, 7) is 6.63. The first kappa shape index (κ1) is 13.9. The molecule has 0 aromatic heterocycles. The average molecular weight is 264 g/mol. The normalized spacial score (nSPS) is 12.6. The molecule has 1 aromatic carbocycles. The molecular formula is C11H15F3O2Si. The van der Waals surface area contributed by atoms with Crippen molar-refractivity contribution >= 4 is 8.32 Å². The predicted octanol–water partition coefficient (Wildman–Crippen LogP) is 3.93. The minimum Gasteiger partial charge on any atom is -0.544 e. The van der Waals surface area contributed by atoms with E-state index < -0.39 is 20.1 Å². The lowest BCUT2D eigenvalue weighted by Crippen LogP contribution is -2.30. The molecule has 1 rings (SSSR count). The Hall–Kier alpha value is -1.17. The molecule has 6 heteroatoms. The second kappa shape index (κ2) is 4.25. The number of rotatable bonds is 2. The molecule has 0 atom stereocenters. The third kappa shape index (κ3) is 3.39. The number of benzene rings is 1. The summed E-state index contributed by atoms with van der Waals surface area (Å²) in [6, 6.07) is 2.39. The maximum atomic E-state index is 12.9. The van der Waals surface area contributed by atoms with E-state index in [-0.39, 0.29) is 17.1 Å². The van der Waals surface area contributed by atoms with Crippen LogP contribution in [-0.4, -0.2) is 13.4 Å². The third-order valence-electron chi connectivity index (χ3n) is 2.10. The van der Waals surface area contributed by atoms with Crippen molar-refractivity contribution in [2.45, 2.75) is 32.7 Å². The van der Waals surface area contributed by atoms with Gasteiger partial charge in [0.25, 0.3) is 0 Å². The molecule has 0 aliphatic heterocycles. The largest absolute Gasteiger partial charge is 0.544 e. The van der Waals surface area contributed by atoms with E-state index in [1.54, 1.807) is 19.6 Å². The van der Waals surface area contributed by atoms with Crippen LogP contribution in [0.25, 0.3) is 0 Å². The fourth-order valence-electron chi connectivity index (χ4n) is 1.44. The van der Waals surface area contributed by atoms with Gasteiger partial charge in [0.15, 0.2) is 0 Å². The van der Waals surface area contributed by atoms with Gasteiger partial charge >= 0.3 is 6.18 Å². The summed E-state index contributed by atoms with van der Waals surface area (Å²) < 4.78 is 44.1. The van der Waals surface area contributed by atoms with Gasteiger partial charge in [-0.15, -0.1) is 0 Å². The molecule has 0 aliphatic rings. The molecular weight excluding hydrogens is 249 g/mol. The monoisotopic (exact) mass is 264 g/mol. The average Bonchev–Trinajstić information content (AvgIpc) is 2.06. The Kier molecular flexibility index (Phi) is 3.47. The Balaban J connectivity index is 3.36. The zero-order valence-electron chi connectivity index (χ0n) is 10.1. The highest BCUT2D eigenvalue weighted by Gasteiger charge is 2.38. The van der Waals surface area contributed by atoms with Crippen LogP contribution in [0.2, 0.25) is 19.6 Å². The standard InChI is InChI=1S/C11H15F3O2Si/c1-7-8(15)5-6-9(16-17(2,3)4)10(7)11(12,13)14/h5-6,15H,1-4H3. The molecule has 0 heterocycles. The summed E-state index contributed by atoms with van der Waals surface area (Å²) in [5.41, 5.74) is -1.09. The Bertz CT molecular complexity index is 422. The lowest BCUT2D eigenvalue weighted by molar-refractivity contribution is -0.139. The molecule has 0 spiro atoms. The van der Waals surface area contributed by atoms with Crippen molar-refractivity contribution in [3.8, 4) is 11.5 Å². The van der Waals surface area contributed by atoms with E-state index in [4.69, 9.17) is 4.43 Å². The smallest absolute Gasteiger partial charge is 0.420 e. The van der Waals surface area contributed by atoms with Crippen LogP contribution in [0.1, 0.15) is 11.1 Å². The molecule has 17 heavy (non-hydrogen) atoms. The molecule has 0 bridgehead atoms. The van der Waals surface area contributed by atoms with E-state index in [9.17, 15) is 18.3 Å². The molecule has 0 saturated heterocycles. The molecule has 0 amide bonds. The van der Waals surface area contributed by atoms with Crippen LogP contribution in [0.4, 0.5) is 13.2 Å². The predicted molar refractivity (Wildman–Crippen MR) is 61.8 cm³/mol. The van der Waals surface area contributed by atoms with Crippen molar-refractivity contribution in [2.24, 2.45) is 0 Å². The van der Waals surface area contributed by atoms with Crippen LogP contribution in [0.3, 0.4) is 0 Å². The molecule has 1 N–H and O–H groups in total. The summed E-state index contributed by atoms with van der Waals surface area (Å²) in [5.74, 6) is -0.577. The van der Waals surface area contributed by atoms with Gasteiger partial charge in [0.1, 0.15) is 17.1 Å². The van der Waals surface area contributed by atoms with Gasteiger partial charge in [-0.25, -0.2) is 0 Å². The van der Waals surface area contributed by atoms with Crippen molar-refractivity contribution in [1.82, 2.24) is 0 Å². The number of phenolic OH excluding ortho intramolecular Hbond substituents is 1. The lowest BCUT2D eigenvalue weighted by atomic mass is 10.1. The maximum Gasteiger partial charge on any atom is 0.420 e. The van der Waals surface area contributed by atoms with Crippen LogP contribution in [0.5, 0.6) is 11.5 Å². The maximum absolute atomic E-state index is 12.9. The zero-order chi connectivity index (χ0) is 13.4. The van der Waals surface area contributed by atoms with Crippen molar-refractivity contribution in [1.29, 1.82) is 0 Å². The van der Waals surface area contributed by atoms with E-state index >= 15 is 0 Å². The topological polar surface area (TPSA) is 29.5 Å². The summed E-state index contributed by atoms with van der Waals surface area (Å²) in [6.07, 6.45) is -4.53. The summed E-state index contributed by atoms with van der Waals surface area (Å²) in [5, 5.41) is 9.34. The number of hydrogen-bond acceptors (Lipinski definition) is 2. The molecule has 96 valence electrons. The van der Waals surface area contributed by atoms with E-state index in [1.807, 2.05) is 0 Å². The summed E-state index contributed by atoms with van der Waals surface area (Å²) >= 11 is 0. The van der Waals surface area contributed by atoms with E-state index in [2.05, 4.69) is 0 Å². The second-order valence-corrected chi connectivity index (χ2v) is 9.22. The molecule has 0 unspecified atom stereocenters. The summed E-state index contributed by atoms with van der Waals surface area (Å²) in [7, 11) is -2.13. The molecule has 2 nitrogen and oxygen atoms in total. The van der Waals surface area contributed by atoms with E-state index in [1.165, 1.54) is 19.1 Å². The van der Waals surface area contributed by atoms with Gasteiger partial charge in [0.2, 0.25) is 8.32 Å². The minimum atomic E-state index is -4.53. The third-order valence-corrected chi connectivity index (χ3v) is 2.93. The van der Waals surface area contributed by atoms with E-state index in [0.29, 0.717) is 0 Å². The number of phenols is 1. The first-order chi connectivity index (χ1) is 7.52. The molecule has 0 aliphatic carbocycles. The fraction of sp³-hybridized carbons (Fsp3) is 0.455. The van der Waals surface area contributed by atoms with E-state index in [0.717, 1.165) is 0 Å².